The van der Waals surface area contributed by atoms with E-state index in [0.717, 1.165) is 6.54 Å². The van der Waals surface area contributed by atoms with Crippen molar-refractivity contribution in [1.82, 2.24) is 5.32 Å². The van der Waals surface area contributed by atoms with Crippen molar-refractivity contribution in [3.05, 3.63) is 46.3 Å². The summed E-state index contributed by atoms with van der Waals surface area (Å²) < 4.78 is 0. The molecule has 18 heavy (non-hydrogen) atoms. The molecule has 2 rings (SSSR count). The van der Waals surface area contributed by atoms with Crippen LogP contribution in [0.2, 0.25) is 0 Å². The highest BCUT2D eigenvalue weighted by atomic mass is 32.1. The van der Waals surface area contributed by atoms with Gasteiger partial charge in [-0.05, 0) is 54.9 Å². The van der Waals surface area contributed by atoms with Gasteiger partial charge in [0.25, 0.3) is 0 Å². The summed E-state index contributed by atoms with van der Waals surface area (Å²) in [6.45, 7) is 7.64. The van der Waals surface area contributed by atoms with Gasteiger partial charge in [-0.2, -0.15) is 0 Å². The molecular formula is C16H21NS. The van der Waals surface area contributed by atoms with E-state index in [-0.39, 0.29) is 0 Å². The molecule has 1 N–H and O–H groups in total. The minimum atomic E-state index is 0.574. The number of hydrogen-bond acceptors (Lipinski definition) is 2. The van der Waals surface area contributed by atoms with Gasteiger partial charge >= 0.3 is 0 Å². The topological polar surface area (TPSA) is 12.0 Å². The van der Waals surface area contributed by atoms with Gasteiger partial charge in [0.05, 0.1) is 0 Å². The molecule has 1 aromatic carbocycles. The lowest BCUT2D eigenvalue weighted by atomic mass is 10.0. The maximum absolute atomic E-state index is 3.24. The Morgan fingerprint density at radius 3 is 2.72 bits per heavy atom. The van der Waals surface area contributed by atoms with Gasteiger partial charge in [-0.25, -0.2) is 0 Å². The number of benzene rings is 1. The van der Waals surface area contributed by atoms with Gasteiger partial charge < -0.3 is 5.32 Å². The highest BCUT2D eigenvalue weighted by Gasteiger charge is 2.10. The molecule has 0 amide bonds. The molecule has 2 aromatic rings. The average molecular weight is 259 g/mol. The maximum Gasteiger partial charge on any atom is 0.0348 e. The van der Waals surface area contributed by atoms with Gasteiger partial charge in [0.1, 0.15) is 0 Å². The zero-order valence-corrected chi connectivity index (χ0v) is 12.4. The Kier molecular flexibility index (Phi) is 4.20. The molecule has 1 aromatic heterocycles. The van der Waals surface area contributed by atoms with Crippen LogP contribution in [0.25, 0.3) is 10.4 Å². The van der Waals surface area contributed by atoms with E-state index in [9.17, 15) is 0 Å². The van der Waals surface area contributed by atoms with Gasteiger partial charge in [0.15, 0.2) is 0 Å². The lowest BCUT2D eigenvalue weighted by Gasteiger charge is -2.08. The van der Waals surface area contributed by atoms with Crippen molar-refractivity contribution in [1.29, 1.82) is 0 Å². The Hall–Kier alpha value is -1.12. The molecule has 1 heterocycles. The summed E-state index contributed by atoms with van der Waals surface area (Å²) in [5, 5.41) is 5.53. The summed E-state index contributed by atoms with van der Waals surface area (Å²) in [6.07, 6.45) is 0. The van der Waals surface area contributed by atoms with E-state index in [1.54, 1.807) is 0 Å². The van der Waals surface area contributed by atoms with Crippen molar-refractivity contribution in [3.63, 3.8) is 0 Å². The minimum absolute atomic E-state index is 0.574. The molecule has 0 aliphatic rings. The van der Waals surface area contributed by atoms with Crippen molar-refractivity contribution in [2.24, 2.45) is 0 Å². The molecule has 0 spiro atoms. The maximum atomic E-state index is 3.24. The SMILES string of the molecule is CNCC(C)c1csc(-c2cc(C)ccc2C)c1. The number of likely N-dealkylation sites (N-methyl/N-ethyl adjacent to an activating group) is 1. The van der Waals surface area contributed by atoms with Gasteiger partial charge in [0.2, 0.25) is 0 Å². The van der Waals surface area contributed by atoms with Crippen LogP contribution in [0.15, 0.2) is 29.6 Å². The molecule has 0 aliphatic carbocycles. The fourth-order valence-electron chi connectivity index (χ4n) is 2.18. The molecule has 0 bridgehead atoms. The summed E-state index contributed by atoms with van der Waals surface area (Å²) in [4.78, 5) is 1.38. The van der Waals surface area contributed by atoms with Crippen LogP contribution in [0.1, 0.15) is 29.5 Å². The van der Waals surface area contributed by atoms with Crippen LogP contribution in [0, 0.1) is 13.8 Å². The fraction of sp³-hybridized carbons (Fsp3) is 0.375. The molecule has 0 fully saturated rings. The highest BCUT2D eigenvalue weighted by Crippen LogP contribution is 2.32. The Morgan fingerprint density at radius 1 is 1.22 bits per heavy atom. The first-order valence-electron chi connectivity index (χ1n) is 6.42. The normalized spacial score (nSPS) is 12.7. The van der Waals surface area contributed by atoms with Crippen LogP contribution in [-0.4, -0.2) is 13.6 Å². The minimum Gasteiger partial charge on any atom is -0.319 e. The quantitative estimate of drug-likeness (QED) is 0.860. The van der Waals surface area contributed by atoms with E-state index in [0.29, 0.717) is 5.92 Å². The molecular weight excluding hydrogens is 238 g/mol. The number of rotatable bonds is 4. The summed E-state index contributed by atoms with van der Waals surface area (Å²) in [5.41, 5.74) is 5.50. The van der Waals surface area contributed by atoms with E-state index < -0.39 is 0 Å². The van der Waals surface area contributed by atoms with Crippen LogP contribution >= 0.6 is 11.3 Å². The number of nitrogens with one attached hydrogen (secondary N) is 1. The first-order valence-corrected chi connectivity index (χ1v) is 7.30. The van der Waals surface area contributed by atoms with Crippen LogP contribution < -0.4 is 5.32 Å². The summed E-state index contributed by atoms with van der Waals surface area (Å²) >= 11 is 1.85. The third-order valence-electron chi connectivity index (χ3n) is 3.36. The van der Waals surface area contributed by atoms with E-state index in [1.165, 1.54) is 27.1 Å². The fourth-order valence-corrected chi connectivity index (χ4v) is 3.29. The zero-order valence-electron chi connectivity index (χ0n) is 11.6. The summed E-state index contributed by atoms with van der Waals surface area (Å²) in [5.74, 6) is 0.574. The smallest absolute Gasteiger partial charge is 0.0348 e. The van der Waals surface area contributed by atoms with E-state index in [1.807, 2.05) is 18.4 Å². The van der Waals surface area contributed by atoms with Gasteiger partial charge in [-0.3, -0.25) is 0 Å². The molecule has 0 radical (unpaired) electrons. The second-order valence-corrected chi connectivity index (χ2v) is 5.93. The van der Waals surface area contributed by atoms with Crippen molar-refractivity contribution in [2.75, 3.05) is 13.6 Å². The zero-order chi connectivity index (χ0) is 13.1. The second kappa shape index (κ2) is 5.68. The number of thiophene rings is 1. The molecule has 1 unspecified atom stereocenters. The standard InChI is InChI=1S/C16H21NS/c1-11-5-6-12(2)15(7-11)16-8-14(10-18-16)13(3)9-17-4/h5-8,10,13,17H,9H2,1-4H3. The van der Waals surface area contributed by atoms with Gasteiger partial charge in [0, 0.05) is 11.4 Å². The molecule has 0 aliphatic heterocycles. The predicted octanol–water partition coefficient (Wildman–Crippen LogP) is 4.35. The highest BCUT2D eigenvalue weighted by molar-refractivity contribution is 7.13. The van der Waals surface area contributed by atoms with Crippen LogP contribution in [0.4, 0.5) is 0 Å². The third-order valence-corrected chi connectivity index (χ3v) is 4.34. The first kappa shape index (κ1) is 13.3. The molecule has 2 heteroatoms. The van der Waals surface area contributed by atoms with Crippen LogP contribution in [0.5, 0.6) is 0 Å². The molecule has 1 atom stereocenters. The molecule has 0 saturated heterocycles. The van der Waals surface area contributed by atoms with Crippen molar-refractivity contribution in [2.45, 2.75) is 26.7 Å². The van der Waals surface area contributed by atoms with Gasteiger partial charge in [-0.1, -0.05) is 30.7 Å². The van der Waals surface area contributed by atoms with E-state index in [4.69, 9.17) is 0 Å². The number of aryl methyl sites for hydroxylation is 2. The Bertz CT molecular complexity index is 528. The lowest BCUT2D eigenvalue weighted by Crippen LogP contribution is -2.14. The van der Waals surface area contributed by atoms with Crippen LogP contribution in [0.3, 0.4) is 0 Å². The van der Waals surface area contributed by atoms with E-state index >= 15 is 0 Å². The summed E-state index contributed by atoms with van der Waals surface area (Å²) in [7, 11) is 2.01. The average Bonchev–Trinajstić information content (AvgIpc) is 2.82. The molecule has 1 nitrogen and oxygen atoms in total. The van der Waals surface area contributed by atoms with Gasteiger partial charge in [-0.15, -0.1) is 11.3 Å². The van der Waals surface area contributed by atoms with E-state index in [2.05, 4.69) is 55.7 Å². The Morgan fingerprint density at radius 2 is 2.00 bits per heavy atom. The lowest BCUT2D eigenvalue weighted by molar-refractivity contribution is 0.680. The monoisotopic (exact) mass is 259 g/mol. The van der Waals surface area contributed by atoms with Crippen molar-refractivity contribution >= 4 is 11.3 Å². The van der Waals surface area contributed by atoms with Crippen LogP contribution in [-0.2, 0) is 0 Å². The van der Waals surface area contributed by atoms with Crippen molar-refractivity contribution < 1.29 is 0 Å². The predicted molar refractivity (Wildman–Crippen MR) is 81.6 cm³/mol. The third kappa shape index (κ3) is 2.82. The second-order valence-electron chi connectivity index (χ2n) is 5.02. The molecule has 96 valence electrons. The Labute approximate surface area is 114 Å². The largest absolute Gasteiger partial charge is 0.319 e. The molecule has 0 saturated carbocycles. The first-order chi connectivity index (χ1) is 8.61. The Balaban J connectivity index is 2.32. The summed E-state index contributed by atoms with van der Waals surface area (Å²) in [6, 6.07) is 9.01. The van der Waals surface area contributed by atoms with Crippen molar-refractivity contribution in [3.8, 4) is 10.4 Å². The number of hydrogen-bond donors (Lipinski definition) is 1.